The Bertz CT molecular complexity index is 382. The molecule has 1 aromatic carbocycles. The largest absolute Gasteiger partial charge is 0.380 e. The van der Waals surface area contributed by atoms with Gasteiger partial charge >= 0.3 is 0 Å². The van der Waals surface area contributed by atoms with E-state index >= 15 is 0 Å². The fourth-order valence-corrected chi connectivity index (χ4v) is 3.06. The minimum Gasteiger partial charge on any atom is -0.380 e. The Kier molecular flexibility index (Phi) is 6.02. The van der Waals surface area contributed by atoms with Crippen molar-refractivity contribution >= 4 is 0 Å². The first kappa shape index (κ1) is 15.5. The van der Waals surface area contributed by atoms with Crippen LogP contribution >= 0.6 is 0 Å². The number of hydrogen-bond donors (Lipinski definition) is 1. The molecule has 1 heterocycles. The Morgan fingerprint density at radius 1 is 1.35 bits per heavy atom. The molecule has 3 nitrogen and oxygen atoms in total. The van der Waals surface area contributed by atoms with Crippen LogP contribution in [0.15, 0.2) is 30.3 Å². The van der Waals surface area contributed by atoms with Gasteiger partial charge in [0, 0.05) is 26.2 Å². The van der Waals surface area contributed by atoms with Crippen molar-refractivity contribution in [3.63, 3.8) is 0 Å². The Morgan fingerprint density at radius 3 is 2.75 bits per heavy atom. The Balaban J connectivity index is 2.10. The maximum Gasteiger partial charge on any atom is 0.0724 e. The van der Waals surface area contributed by atoms with Gasteiger partial charge < -0.3 is 10.1 Å². The zero-order valence-electron chi connectivity index (χ0n) is 13.0. The van der Waals surface area contributed by atoms with E-state index in [0.717, 1.165) is 26.2 Å². The summed E-state index contributed by atoms with van der Waals surface area (Å²) in [5.74, 6) is 0.659. The summed E-state index contributed by atoms with van der Waals surface area (Å²) in [4.78, 5) is 2.58. The number of rotatable bonds is 6. The van der Waals surface area contributed by atoms with Gasteiger partial charge in [-0.25, -0.2) is 0 Å². The van der Waals surface area contributed by atoms with Crippen LogP contribution < -0.4 is 5.32 Å². The normalized spacial score (nSPS) is 25.6. The van der Waals surface area contributed by atoms with E-state index in [-0.39, 0.29) is 0 Å². The van der Waals surface area contributed by atoms with Crippen molar-refractivity contribution in [1.29, 1.82) is 0 Å². The molecule has 0 radical (unpaired) electrons. The van der Waals surface area contributed by atoms with E-state index in [1.54, 1.807) is 0 Å². The maximum atomic E-state index is 5.66. The first-order valence-electron chi connectivity index (χ1n) is 7.78. The molecule has 1 aromatic rings. The number of ether oxygens (including phenoxy) is 1. The van der Waals surface area contributed by atoms with E-state index in [2.05, 4.69) is 54.4 Å². The minimum absolute atomic E-state index is 0.358. The second-order valence-electron chi connectivity index (χ2n) is 5.77. The highest BCUT2D eigenvalue weighted by Gasteiger charge is 2.30. The predicted molar refractivity (Wildman–Crippen MR) is 83.9 cm³/mol. The van der Waals surface area contributed by atoms with E-state index in [1.165, 1.54) is 12.0 Å². The highest BCUT2D eigenvalue weighted by Crippen LogP contribution is 2.27. The van der Waals surface area contributed by atoms with Crippen LogP contribution in [0.3, 0.4) is 0 Å². The second kappa shape index (κ2) is 7.77. The van der Waals surface area contributed by atoms with Gasteiger partial charge in [-0.15, -0.1) is 0 Å². The van der Waals surface area contributed by atoms with E-state index in [1.807, 2.05) is 7.11 Å². The van der Waals surface area contributed by atoms with Crippen molar-refractivity contribution < 1.29 is 4.74 Å². The molecular weight excluding hydrogens is 248 g/mol. The van der Waals surface area contributed by atoms with Gasteiger partial charge in [0.15, 0.2) is 0 Å². The zero-order chi connectivity index (χ0) is 14.4. The Morgan fingerprint density at radius 2 is 2.10 bits per heavy atom. The number of hydrogen-bond acceptors (Lipinski definition) is 3. The lowest BCUT2D eigenvalue weighted by atomic mass is 9.93. The summed E-state index contributed by atoms with van der Waals surface area (Å²) in [7, 11) is 1.84. The topological polar surface area (TPSA) is 24.5 Å². The van der Waals surface area contributed by atoms with Gasteiger partial charge in [-0.1, -0.05) is 44.2 Å². The average molecular weight is 276 g/mol. The molecule has 0 saturated carbocycles. The van der Waals surface area contributed by atoms with Crippen LogP contribution in [0.2, 0.25) is 0 Å². The van der Waals surface area contributed by atoms with Crippen LogP contribution in [0, 0.1) is 5.92 Å². The molecule has 0 spiro atoms. The zero-order valence-corrected chi connectivity index (χ0v) is 13.0. The monoisotopic (exact) mass is 276 g/mol. The maximum absolute atomic E-state index is 5.66. The van der Waals surface area contributed by atoms with Gasteiger partial charge in [0.25, 0.3) is 0 Å². The minimum atomic E-state index is 0.358. The van der Waals surface area contributed by atoms with Gasteiger partial charge in [-0.2, -0.15) is 0 Å². The lowest BCUT2D eigenvalue weighted by Gasteiger charge is -2.41. The van der Waals surface area contributed by atoms with Crippen molar-refractivity contribution in [1.82, 2.24) is 10.2 Å². The van der Waals surface area contributed by atoms with Crippen LogP contribution in [-0.2, 0) is 4.74 Å². The summed E-state index contributed by atoms with van der Waals surface area (Å²) in [5.41, 5.74) is 1.40. The van der Waals surface area contributed by atoms with Crippen molar-refractivity contribution in [3.8, 4) is 0 Å². The highest BCUT2D eigenvalue weighted by atomic mass is 16.5. The molecule has 1 N–H and O–H groups in total. The number of nitrogens with one attached hydrogen (secondary N) is 1. The van der Waals surface area contributed by atoms with Crippen LogP contribution in [0.5, 0.6) is 0 Å². The third-order valence-electron chi connectivity index (χ3n) is 4.44. The molecule has 0 amide bonds. The van der Waals surface area contributed by atoms with Crippen molar-refractivity contribution in [3.05, 3.63) is 35.9 Å². The van der Waals surface area contributed by atoms with Gasteiger partial charge in [-0.3, -0.25) is 4.90 Å². The molecular formula is C17H28N2O. The number of piperidine rings is 1. The van der Waals surface area contributed by atoms with Crippen LogP contribution in [-0.4, -0.2) is 44.3 Å². The molecule has 1 saturated heterocycles. The number of likely N-dealkylation sites (tertiary alicyclic amines) is 1. The number of likely N-dealkylation sites (N-methyl/N-ethyl adjacent to an activating group) is 1. The van der Waals surface area contributed by atoms with Gasteiger partial charge in [0.2, 0.25) is 0 Å². The third kappa shape index (κ3) is 3.81. The van der Waals surface area contributed by atoms with Crippen LogP contribution in [0.4, 0.5) is 0 Å². The van der Waals surface area contributed by atoms with E-state index in [4.69, 9.17) is 4.74 Å². The summed E-state index contributed by atoms with van der Waals surface area (Å²) in [6, 6.07) is 11.3. The number of methoxy groups -OCH3 is 1. The molecule has 3 atom stereocenters. The summed E-state index contributed by atoms with van der Waals surface area (Å²) in [6.45, 7) is 8.67. The first-order valence-corrected chi connectivity index (χ1v) is 7.78. The van der Waals surface area contributed by atoms with Crippen molar-refractivity contribution in [2.45, 2.75) is 32.4 Å². The highest BCUT2D eigenvalue weighted by molar-refractivity contribution is 5.19. The van der Waals surface area contributed by atoms with E-state index in [0.29, 0.717) is 18.1 Å². The first-order chi connectivity index (χ1) is 9.76. The lowest BCUT2D eigenvalue weighted by molar-refractivity contribution is -0.0193. The quantitative estimate of drug-likeness (QED) is 0.864. The molecule has 1 aliphatic heterocycles. The van der Waals surface area contributed by atoms with Crippen LogP contribution in [0.25, 0.3) is 0 Å². The number of nitrogens with zero attached hydrogens (tertiary/aromatic N) is 1. The molecule has 112 valence electrons. The third-order valence-corrected chi connectivity index (χ3v) is 4.44. The molecule has 2 rings (SSSR count). The molecule has 0 bridgehead atoms. The fraction of sp³-hybridized carbons (Fsp3) is 0.647. The molecule has 3 heteroatoms. The molecule has 1 aliphatic rings. The molecule has 20 heavy (non-hydrogen) atoms. The van der Waals surface area contributed by atoms with Gasteiger partial charge in [0.05, 0.1) is 6.10 Å². The predicted octanol–water partition coefficient (Wildman–Crippen LogP) is 2.69. The molecule has 0 aromatic heterocycles. The summed E-state index contributed by atoms with van der Waals surface area (Å²) < 4.78 is 5.66. The molecule has 0 aliphatic carbocycles. The average Bonchev–Trinajstić information content (AvgIpc) is 2.50. The fourth-order valence-electron chi connectivity index (χ4n) is 3.06. The van der Waals surface area contributed by atoms with E-state index in [9.17, 15) is 0 Å². The SMILES string of the molecule is CCNCC(c1ccccc1)N1CCC(C)C(OC)C1. The lowest BCUT2D eigenvalue weighted by Crippen LogP contribution is -2.47. The standard InChI is InChI=1S/C17H28N2O/c1-4-18-12-16(15-8-6-5-7-9-15)19-11-10-14(2)17(13-19)20-3/h5-9,14,16-18H,4,10-13H2,1-3H3. The summed E-state index contributed by atoms with van der Waals surface area (Å²) in [6.07, 6.45) is 1.57. The smallest absolute Gasteiger partial charge is 0.0724 e. The summed E-state index contributed by atoms with van der Waals surface area (Å²) >= 11 is 0. The molecule has 3 unspecified atom stereocenters. The van der Waals surface area contributed by atoms with Crippen molar-refractivity contribution in [2.24, 2.45) is 5.92 Å². The van der Waals surface area contributed by atoms with Crippen LogP contribution in [0.1, 0.15) is 31.9 Å². The Labute approximate surface area is 123 Å². The second-order valence-corrected chi connectivity index (χ2v) is 5.77. The Hall–Kier alpha value is -0.900. The van der Waals surface area contributed by atoms with Gasteiger partial charge in [-0.05, 0) is 31.0 Å². The molecule has 1 fully saturated rings. The van der Waals surface area contributed by atoms with Crippen molar-refractivity contribution in [2.75, 3.05) is 33.3 Å². The summed E-state index contributed by atoms with van der Waals surface area (Å²) in [5, 5.41) is 3.51. The number of benzene rings is 1. The van der Waals surface area contributed by atoms with E-state index < -0.39 is 0 Å². The van der Waals surface area contributed by atoms with Gasteiger partial charge in [0.1, 0.15) is 0 Å².